The van der Waals surface area contributed by atoms with Gasteiger partial charge in [-0.25, -0.2) is 0 Å². The number of benzene rings is 4. The van der Waals surface area contributed by atoms with Crippen molar-refractivity contribution in [3.8, 4) is 0 Å². The molecule has 0 amide bonds. The predicted molar refractivity (Wildman–Crippen MR) is 210 cm³/mol. The van der Waals surface area contributed by atoms with Gasteiger partial charge in [-0.2, -0.15) is 0 Å². The molecule has 0 bridgehead atoms. The Morgan fingerprint density at radius 2 is 0.600 bits per heavy atom. The number of aryl methyl sites for hydroxylation is 4. The van der Waals surface area contributed by atoms with E-state index in [9.17, 15) is 0 Å². The molecule has 0 nitrogen and oxygen atoms in total. The maximum absolute atomic E-state index is 2.61. The van der Waals surface area contributed by atoms with Gasteiger partial charge in [-0.15, -0.1) is 0 Å². The van der Waals surface area contributed by atoms with Crippen molar-refractivity contribution in [2.75, 3.05) is 0 Å². The SMILES string of the molecule is Cc1ccc2c(c1)C=C[CH]2[Hf+]([CH]1C=Cc2cc(C)ccc21)[SiH](C)C.Cc1ccc2c(c1)C=C[CH]2[Hf+]([CH]1C=Cc2cc(C)ccc21)[SiH](C)C.[Cl-].[Cl-]. The fraction of sp³-hybridized carbons (Fsp3) is 0.273. The average Bonchev–Trinajstić information content (AvgIpc) is 3.84. The molecule has 0 aromatic heterocycles. The van der Waals surface area contributed by atoms with Gasteiger partial charge < -0.3 is 24.8 Å². The average molecular weight is 1060 g/mol. The maximum atomic E-state index is 2.61. The van der Waals surface area contributed by atoms with Crippen LogP contribution in [0.3, 0.4) is 0 Å². The van der Waals surface area contributed by atoms with Gasteiger partial charge in [-0.05, 0) is 0 Å². The normalized spacial score (nSPS) is 19.7. The summed E-state index contributed by atoms with van der Waals surface area (Å²) in [6.45, 7) is 19.3. The van der Waals surface area contributed by atoms with E-state index in [1.54, 1.807) is 22.3 Å². The summed E-state index contributed by atoms with van der Waals surface area (Å²) in [5, 5.41) is 0. The van der Waals surface area contributed by atoms with Gasteiger partial charge in [-0.1, -0.05) is 0 Å². The number of fused-ring (bicyclic) bond motifs is 4. The first-order valence-electron chi connectivity index (χ1n) is 18.0. The van der Waals surface area contributed by atoms with Gasteiger partial charge >= 0.3 is 310 Å². The standard InChI is InChI=1S/4C10H9.2C2H7Si.2ClH.2Hf/c4*1-8-5-6-9-3-2-4-10(9)7-8;2*1-3-2;;;;/h4*2-7H,1H3;2*3H,1-2H3;2*1H;;/q;;;;;;;;2*+1/p-2. The molecule has 0 saturated carbocycles. The van der Waals surface area contributed by atoms with Gasteiger partial charge in [0.1, 0.15) is 0 Å². The van der Waals surface area contributed by atoms with Crippen molar-refractivity contribution in [3.63, 3.8) is 0 Å². The van der Waals surface area contributed by atoms with Gasteiger partial charge in [0.2, 0.25) is 0 Å². The van der Waals surface area contributed by atoms with E-state index in [2.05, 4.69) is 175 Å². The molecule has 0 saturated heterocycles. The molecule has 0 spiro atoms. The van der Waals surface area contributed by atoms with Crippen LogP contribution in [0.25, 0.3) is 24.3 Å². The molecule has 0 fully saturated rings. The van der Waals surface area contributed by atoms with E-state index in [-0.39, 0.29) is 24.8 Å². The fourth-order valence-electron chi connectivity index (χ4n) is 8.69. The molecular weight excluding hydrogens is 1010 g/mol. The van der Waals surface area contributed by atoms with Crippen LogP contribution in [0.4, 0.5) is 0 Å². The van der Waals surface area contributed by atoms with Crippen molar-refractivity contribution < 1.29 is 66.0 Å². The third-order valence-electron chi connectivity index (χ3n) is 11.0. The molecule has 6 heteroatoms. The molecule has 4 aromatic rings. The van der Waals surface area contributed by atoms with Crippen molar-refractivity contribution in [2.45, 2.75) is 68.6 Å². The Morgan fingerprint density at radius 1 is 0.380 bits per heavy atom. The second-order valence-corrected chi connectivity index (χ2v) is 71.7. The largest absolute Gasteiger partial charge is 1.00 e. The van der Waals surface area contributed by atoms with E-state index in [4.69, 9.17) is 0 Å². The summed E-state index contributed by atoms with van der Waals surface area (Å²) in [4.78, 5) is 0. The predicted octanol–water partition coefficient (Wildman–Crippen LogP) is 5.49. The Morgan fingerprint density at radius 3 is 0.800 bits per heavy atom. The zero-order valence-electron chi connectivity index (χ0n) is 30.8. The topological polar surface area (TPSA) is 0 Å². The smallest absolute Gasteiger partial charge is 1.00 e. The Labute approximate surface area is 331 Å². The van der Waals surface area contributed by atoms with Crippen LogP contribution in [0, 0.1) is 27.7 Å². The monoisotopic (exact) mass is 1060 g/mol. The molecule has 4 aliphatic carbocycles. The van der Waals surface area contributed by atoms with Gasteiger partial charge in [0, 0.05) is 0 Å². The van der Waals surface area contributed by atoms with Crippen molar-refractivity contribution in [1.29, 1.82) is 0 Å². The molecule has 4 aliphatic rings. The second kappa shape index (κ2) is 16.7. The molecule has 256 valence electrons. The van der Waals surface area contributed by atoms with E-state index in [0.717, 1.165) is 14.7 Å². The van der Waals surface area contributed by atoms with Crippen LogP contribution in [0.1, 0.15) is 81.5 Å². The third kappa shape index (κ3) is 7.92. The van der Waals surface area contributed by atoms with E-state index in [0.29, 0.717) is 0 Å². The Bertz CT molecular complexity index is 1710. The second-order valence-electron chi connectivity index (χ2n) is 15.2. The first-order chi connectivity index (χ1) is 23.1. The van der Waals surface area contributed by atoms with Crippen LogP contribution in [0.15, 0.2) is 97.1 Å². The molecule has 0 N–H and O–H groups in total. The number of halogens is 2. The van der Waals surface area contributed by atoms with Gasteiger partial charge in [0.05, 0.1) is 0 Å². The number of hydrogen-bond donors (Lipinski definition) is 0. The van der Waals surface area contributed by atoms with Gasteiger partial charge in [0.15, 0.2) is 0 Å². The summed E-state index contributed by atoms with van der Waals surface area (Å²) in [6.07, 6.45) is 19.9. The summed E-state index contributed by atoms with van der Waals surface area (Å²) >= 11 is -3.71. The summed E-state index contributed by atoms with van der Waals surface area (Å²) in [5.41, 5.74) is 18.0. The summed E-state index contributed by atoms with van der Waals surface area (Å²) in [7, 11) is 0. The van der Waals surface area contributed by atoms with Crippen molar-refractivity contribution in [3.05, 3.63) is 164 Å². The van der Waals surface area contributed by atoms with Gasteiger partial charge in [-0.3, -0.25) is 0 Å². The van der Waals surface area contributed by atoms with Crippen molar-refractivity contribution >= 4 is 36.3 Å². The minimum Gasteiger partial charge on any atom is -1.00 e. The van der Waals surface area contributed by atoms with Crippen molar-refractivity contribution in [1.82, 2.24) is 0 Å². The number of rotatable bonds is 6. The first-order valence-corrected chi connectivity index (χ1v) is 44.5. The first kappa shape index (κ1) is 39.8. The molecule has 8 rings (SSSR count). The minimum atomic E-state index is -1.86. The molecule has 50 heavy (non-hydrogen) atoms. The Hall–Kier alpha value is -1.41. The third-order valence-corrected chi connectivity index (χ3v) is 71.7. The fourth-order valence-corrected chi connectivity index (χ4v) is 68.3. The molecular formula is C44H50Cl2Hf2Si2. The van der Waals surface area contributed by atoms with Crippen LogP contribution in [0.2, 0.25) is 26.2 Å². The minimum absolute atomic E-state index is 0. The Balaban J connectivity index is 0.000000187. The Kier molecular flexibility index (Phi) is 13.3. The van der Waals surface area contributed by atoms with Crippen molar-refractivity contribution in [2.24, 2.45) is 0 Å². The summed E-state index contributed by atoms with van der Waals surface area (Å²) in [5.74, 6) is -1.25. The van der Waals surface area contributed by atoms with E-state index in [1.165, 1.54) is 44.5 Å². The molecule has 0 radical (unpaired) electrons. The molecule has 4 unspecified atom stereocenters. The van der Waals surface area contributed by atoms with Crippen LogP contribution >= 0.6 is 0 Å². The number of hydrogen-bond acceptors (Lipinski definition) is 0. The maximum Gasteiger partial charge on any atom is -1.00 e. The summed E-state index contributed by atoms with van der Waals surface area (Å²) < 4.78 is 3.16. The quantitative estimate of drug-likeness (QED) is 0.225. The molecule has 0 aliphatic heterocycles. The van der Waals surface area contributed by atoms with Crippen LogP contribution in [-0.4, -0.2) is 12.0 Å². The number of allylic oxidation sites excluding steroid dienone is 4. The zero-order chi connectivity index (χ0) is 33.7. The molecule has 0 heterocycles. The van der Waals surface area contributed by atoms with E-state index >= 15 is 0 Å². The molecule has 4 aromatic carbocycles. The summed E-state index contributed by atoms with van der Waals surface area (Å²) in [6, 6.07) is 28.4. The molecule has 4 atom stereocenters. The van der Waals surface area contributed by atoms with E-state index < -0.39 is 53.2 Å². The van der Waals surface area contributed by atoms with Crippen LogP contribution in [-0.2, 0) is 41.2 Å². The van der Waals surface area contributed by atoms with Crippen LogP contribution < -0.4 is 24.8 Å². The zero-order valence-corrected chi connectivity index (χ0v) is 41.8. The van der Waals surface area contributed by atoms with E-state index in [1.807, 2.05) is 0 Å². The van der Waals surface area contributed by atoms with Crippen LogP contribution in [0.5, 0.6) is 0 Å². The van der Waals surface area contributed by atoms with Gasteiger partial charge in [0.25, 0.3) is 0 Å².